The van der Waals surface area contributed by atoms with Crippen molar-refractivity contribution < 1.29 is 17.8 Å². The Labute approximate surface area is 178 Å². The maximum Gasteiger partial charge on any atom is 0.230 e. The maximum atomic E-state index is 15.0. The summed E-state index contributed by atoms with van der Waals surface area (Å²) in [6.45, 7) is 5.98. The van der Waals surface area contributed by atoms with Crippen LogP contribution in [0.1, 0.15) is 16.7 Å². The molecular weight excluding hydrogens is 394 g/mol. The molecular formula is C26H21F2N2O+. The minimum Gasteiger partial charge on any atom is -0.437 e. The standard InChI is InChI=1S/C26H21F2N2O/c1-14-5-7-17(8-6-14)19-12-21(30(4)13-16(19)3)23-15(2)11-20(27)24-18-9-10-22(28)29-26(18)31-25(23)24/h5-13H,1-4H3/q+1. The number of halogens is 2. The molecule has 3 heterocycles. The average molecular weight is 415 g/mol. The topological polar surface area (TPSA) is 29.9 Å². The molecule has 0 saturated carbocycles. The van der Waals surface area contributed by atoms with E-state index in [0.29, 0.717) is 16.4 Å². The number of hydrogen-bond donors (Lipinski definition) is 0. The molecule has 5 aromatic rings. The summed E-state index contributed by atoms with van der Waals surface area (Å²) in [5.74, 6) is -1.07. The van der Waals surface area contributed by atoms with E-state index < -0.39 is 11.8 Å². The molecule has 5 heteroatoms. The number of pyridine rings is 2. The lowest BCUT2D eigenvalue weighted by atomic mass is 9.95. The summed E-state index contributed by atoms with van der Waals surface area (Å²) in [6.07, 6.45) is 2.06. The molecule has 31 heavy (non-hydrogen) atoms. The molecule has 0 spiro atoms. The van der Waals surface area contributed by atoms with Gasteiger partial charge in [-0.05, 0) is 55.7 Å². The third-order valence-corrected chi connectivity index (χ3v) is 5.82. The highest BCUT2D eigenvalue weighted by molar-refractivity contribution is 6.09. The highest BCUT2D eigenvalue weighted by Crippen LogP contribution is 2.39. The zero-order valence-corrected chi connectivity index (χ0v) is 17.8. The van der Waals surface area contributed by atoms with Gasteiger partial charge in [0, 0.05) is 11.6 Å². The molecule has 0 amide bonds. The summed E-state index contributed by atoms with van der Waals surface area (Å²) in [6, 6.07) is 14.7. The molecule has 0 atom stereocenters. The van der Waals surface area contributed by atoms with Gasteiger partial charge in [-0.2, -0.15) is 9.37 Å². The van der Waals surface area contributed by atoms with Crippen molar-refractivity contribution in [3.63, 3.8) is 0 Å². The zero-order chi connectivity index (χ0) is 21.9. The van der Waals surface area contributed by atoms with E-state index in [1.54, 1.807) is 0 Å². The molecule has 0 saturated heterocycles. The molecule has 0 radical (unpaired) electrons. The van der Waals surface area contributed by atoms with Crippen LogP contribution in [-0.4, -0.2) is 4.98 Å². The molecule has 3 nitrogen and oxygen atoms in total. The van der Waals surface area contributed by atoms with Crippen molar-refractivity contribution in [2.75, 3.05) is 0 Å². The van der Waals surface area contributed by atoms with E-state index in [0.717, 1.165) is 33.5 Å². The fraction of sp³-hybridized carbons (Fsp3) is 0.154. The summed E-state index contributed by atoms with van der Waals surface area (Å²) in [4.78, 5) is 3.82. The molecule has 154 valence electrons. The van der Waals surface area contributed by atoms with Gasteiger partial charge in [-0.15, -0.1) is 0 Å². The van der Waals surface area contributed by atoms with Gasteiger partial charge in [0.2, 0.25) is 17.4 Å². The van der Waals surface area contributed by atoms with Crippen LogP contribution in [0.5, 0.6) is 0 Å². The Balaban J connectivity index is 1.84. The normalized spacial score (nSPS) is 11.5. The highest BCUT2D eigenvalue weighted by atomic mass is 19.1. The second kappa shape index (κ2) is 6.98. The fourth-order valence-electron chi connectivity index (χ4n) is 4.28. The quantitative estimate of drug-likeness (QED) is 0.249. The SMILES string of the molecule is Cc1ccc(-c2cc(-c3c(C)cc(F)c4c3oc3nc(F)ccc34)[n+](C)cc2C)cc1. The molecule has 0 N–H and O–H groups in total. The number of fused-ring (bicyclic) bond motifs is 3. The van der Waals surface area contributed by atoms with Crippen LogP contribution in [0.4, 0.5) is 8.78 Å². The first-order chi connectivity index (χ1) is 14.8. The Bertz CT molecular complexity index is 1480. The Morgan fingerprint density at radius 1 is 0.903 bits per heavy atom. The largest absolute Gasteiger partial charge is 0.437 e. The van der Waals surface area contributed by atoms with E-state index in [1.807, 2.05) is 18.5 Å². The second-order valence-corrected chi connectivity index (χ2v) is 8.08. The second-order valence-electron chi connectivity index (χ2n) is 8.08. The van der Waals surface area contributed by atoms with Crippen molar-refractivity contribution in [3.8, 4) is 22.4 Å². The summed E-state index contributed by atoms with van der Waals surface area (Å²) in [5.41, 5.74) is 7.36. The Hall–Kier alpha value is -3.60. The predicted molar refractivity (Wildman–Crippen MR) is 118 cm³/mol. The van der Waals surface area contributed by atoms with E-state index in [-0.39, 0.29) is 5.71 Å². The maximum absolute atomic E-state index is 15.0. The van der Waals surface area contributed by atoms with Crippen molar-refractivity contribution >= 4 is 22.1 Å². The predicted octanol–water partition coefficient (Wildman–Crippen LogP) is 6.34. The van der Waals surface area contributed by atoms with E-state index in [2.05, 4.69) is 55.4 Å². The average Bonchev–Trinajstić information content (AvgIpc) is 3.08. The van der Waals surface area contributed by atoms with Gasteiger partial charge < -0.3 is 4.42 Å². The lowest BCUT2D eigenvalue weighted by molar-refractivity contribution is -0.660. The van der Waals surface area contributed by atoms with Crippen molar-refractivity contribution in [3.05, 3.63) is 83.2 Å². The Morgan fingerprint density at radius 2 is 1.65 bits per heavy atom. The van der Waals surface area contributed by atoms with Crippen LogP contribution in [0.15, 0.2) is 59.1 Å². The third kappa shape index (κ3) is 3.08. The van der Waals surface area contributed by atoms with Crippen LogP contribution in [0, 0.1) is 32.5 Å². The molecule has 0 aliphatic heterocycles. The molecule has 0 bridgehead atoms. The van der Waals surface area contributed by atoms with Crippen molar-refractivity contribution in [1.29, 1.82) is 0 Å². The van der Waals surface area contributed by atoms with Gasteiger partial charge in [-0.3, -0.25) is 0 Å². The number of rotatable bonds is 2. The lowest BCUT2D eigenvalue weighted by Crippen LogP contribution is -2.31. The van der Waals surface area contributed by atoms with Gasteiger partial charge in [0.1, 0.15) is 12.9 Å². The Kier molecular flexibility index (Phi) is 4.36. The molecule has 5 rings (SSSR count). The van der Waals surface area contributed by atoms with E-state index >= 15 is 0 Å². The van der Waals surface area contributed by atoms with Gasteiger partial charge >= 0.3 is 0 Å². The summed E-state index contributed by atoms with van der Waals surface area (Å²) >= 11 is 0. The van der Waals surface area contributed by atoms with Crippen molar-refractivity contribution in [1.82, 2.24) is 4.98 Å². The molecule has 2 aromatic carbocycles. The monoisotopic (exact) mass is 415 g/mol. The van der Waals surface area contributed by atoms with Crippen LogP contribution in [-0.2, 0) is 7.05 Å². The highest BCUT2D eigenvalue weighted by Gasteiger charge is 2.25. The van der Waals surface area contributed by atoms with Crippen LogP contribution < -0.4 is 4.57 Å². The van der Waals surface area contributed by atoms with E-state index in [9.17, 15) is 8.78 Å². The van der Waals surface area contributed by atoms with E-state index in [4.69, 9.17) is 4.42 Å². The first-order valence-corrected chi connectivity index (χ1v) is 10.1. The van der Waals surface area contributed by atoms with Crippen LogP contribution in [0.2, 0.25) is 0 Å². The number of aryl methyl sites for hydroxylation is 4. The van der Waals surface area contributed by atoms with E-state index in [1.165, 1.54) is 23.8 Å². The first-order valence-electron chi connectivity index (χ1n) is 10.1. The van der Waals surface area contributed by atoms with Crippen LogP contribution in [0.3, 0.4) is 0 Å². The molecule has 0 unspecified atom stereocenters. The first kappa shape index (κ1) is 19.4. The Morgan fingerprint density at radius 3 is 2.39 bits per heavy atom. The number of benzene rings is 2. The summed E-state index contributed by atoms with van der Waals surface area (Å²) in [5, 5.41) is 0.782. The number of aromatic nitrogens is 2. The number of nitrogens with zero attached hydrogens (tertiary/aromatic N) is 2. The summed E-state index contributed by atoms with van der Waals surface area (Å²) in [7, 11) is 1.95. The molecule has 3 aromatic heterocycles. The lowest BCUT2D eigenvalue weighted by Gasteiger charge is -2.11. The van der Waals surface area contributed by atoms with Crippen LogP contribution >= 0.6 is 0 Å². The van der Waals surface area contributed by atoms with Crippen LogP contribution in [0.25, 0.3) is 44.5 Å². The van der Waals surface area contributed by atoms with Gasteiger partial charge in [-0.1, -0.05) is 29.8 Å². The molecule has 0 aliphatic rings. The van der Waals surface area contributed by atoms with Gasteiger partial charge in [0.15, 0.2) is 11.8 Å². The minimum atomic E-state index is -0.659. The molecule has 0 fully saturated rings. The zero-order valence-electron chi connectivity index (χ0n) is 17.8. The van der Waals surface area contributed by atoms with Gasteiger partial charge in [0.05, 0.1) is 16.3 Å². The number of furan rings is 1. The van der Waals surface area contributed by atoms with Crippen molar-refractivity contribution in [2.24, 2.45) is 7.05 Å². The summed E-state index contributed by atoms with van der Waals surface area (Å²) < 4.78 is 36.6. The fourth-order valence-corrected chi connectivity index (χ4v) is 4.28. The van der Waals surface area contributed by atoms with Gasteiger partial charge in [-0.25, -0.2) is 8.96 Å². The molecule has 0 aliphatic carbocycles. The third-order valence-electron chi connectivity index (χ3n) is 5.82. The number of hydrogen-bond acceptors (Lipinski definition) is 2. The van der Waals surface area contributed by atoms with Gasteiger partial charge in [0.25, 0.3) is 0 Å². The smallest absolute Gasteiger partial charge is 0.230 e. The minimum absolute atomic E-state index is 0.0919. The van der Waals surface area contributed by atoms with Crippen molar-refractivity contribution in [2.45, 2.75) is 20.8 Å².